The third-order valence-corrected chi connectivity index (χ3v) is 5.72. The topological polar surface area (TPSA) is 46.2 Å². The van der Waals surface area contributed by atoms with Crippen LogP contribution in [0.4, 0.5) is 0 Å². The van der Waals surface area contributed by atoms with Crippen molar-refractivity contribution < 1.29 is 8.42 Å². The van der Waals surface area contributed by atoms with Gasteiger partial charge in [0.2, 0.25) is 10.0 Å². The van der Waals surface area contributed by atoms with Gasteiger partial charge in [0, 0.05) is 6.54 Å². The minimum Gasteiger partial charge on any atom is -0.211 e. The molecule has 0 heterocycles. The fraction of sp³-hybridized carbons (Fsp3) is 0.467. The predicted octanol–water partition coefficient (Wildman–Crippen LogP) is 2.49. The van der Waals surface area contributed by atoms with Gasteiger partial charge in [0.1, 0.15) is 0 Å². The maximum atomic E-state index is 12.2. The van der Waals surface area contributed by atoms with Crippen LogP contribution in [-0.4, -0.2) is 15.0 Å². The fourth-order valence-electron chi connectivity index (χ4n) is 3.15. The summed E-state index contributed by atoms with van der Waals surface area (Å²) in [6.45, 7) is 2.51. The third-order valence-electron chi connectivity index (χ3n) is 4.28. The van der Waals surface area contributed by atoms with E-state index in [-0.39, 0.29) is 0 Å². The van der Waals surface area contributed by atoms with Crippen LogP contribution in [0.25, 0.3) is 0 Å². The van der Waals surface area contributed by atoms with E-state index >= 15 is 0 Å². The molecule has 0 unspecified atom stereocenters. The average Bonchev–Trinajstić information content (AvgIpc) is 2.99. The smallest absolute Gasteiger partial charge is 0.211 e. The molecule has 1 fully saturated rings. The van der Waals surface area contributed by atoms with Crippen molar-refractivity contribution in [2.45, 2.75) is 24.7 Å². The van der Waals surface area contributed by atoms with Crippen LogP contribution in [0, 0.1) is 24.7 Å². The van der Waals surface area contributed by atoms with Gasteiger partial charge in [0.25, 0.3) is 0 Å². The molecule has 3 nitrogen and oxygen atoms in total. The highest BCUT2D eigenvalue weighted by Crippen LogP contribution is 2.43. The normalized spacial score (nSPS) is 29.0. The van der Waals surface area contributed by atoms with Gasteiger partial charge in [-0.3, -0.25) is 0 Å². The van der Waals surface area contributed by atoms with Crippen LogP contribution >= 0.6 is 0 Å². The molecule has 0 aromatic heterocycles. The number of sulfonamides is 1. The molecule has 19 heavy (non-hydrogen) atoms. The number of hydrogen-bond donors (Lipinski definition) is 1. The van der Waals surface area contributed by atoms with Crippen molar-refractivity contribution in [2.75, 3.05) is 6.54 Å². The van der Waals surface area contributed by atoms with Crippen LogP contribution in [-0.2, 0) is 10.0 Å². The second-order valence-electron chi connectivity index (χ2n) is 5.71. The van der Waals surface area contributed by atoms with E-state index in [9.17, 15) is 8.42 Å². The molecule has 3 atom stereocenters. The van der Waals surface area contributed by atoms with E-state index in [2.05, 4.69) is 16.9 Å². The zero-order valence-electron chi connectivity index (χ0n) is 11.0. The van der Waals surface area contributed by atoms with Gasteiger partial charge in [-0.15, -0.1) is 0 Å². The van der Waals surface area contributed by atoms with Crippen molar-refractivity contribution >= 4 is 10.0 Å². The van der Waals surface area contributed by atoms with Gasteiger partial charge in [-0.25, -0.2) is 13.1 Å². The first-order valence-electron chi connectivity index (χ1n) is 6.79. The molecule has 1 N–H and O–H groups in total. The Labute approximate surface area is 114 Å². The molecule has 1 aromatic carbocycles. The Morgan fingerprint density at radius 3 is 2.47 bits per heavy atom. The van der Waals surface area contributed by atoms with E-state index in [0.29, 0.717) is 29.2 Å². The number of nitrogens with one attached hydrogen (secondary N) is 1. The van der Waals surface area contributed by atoms with Crippen LogP contribution < -0.4 is 4.72 Å². The molecule has 0 radical (unpaired) electrons. The lowest BCUT2D eigenvalue weighted by Crippen LogP contribution is -2.31. The highest BCUT2D eigenvalue weighted by atomic mass is 32.2. The molecule has 102 valence electrons. The Balaban J connectivity index is 1.66. The van der Waals surface area contributed by atoms with E-state index < -0.39 is 10.0 Å². The summed E-state index contributed by atoms with van der Waals surface area (Å²) in [7, 11) is -3.36. The number of rotatable bonds is 4. The first-order valence-corrected chi connectivity index (χ1v) is 8.27. The summed E-state index contributed by atoms with van der Waals surface area (Å²) in [4.78, 5) is 0.358. The summed E-state index contributed by atoms with van der Waals surface area (Å²) < 4.78 is 27.1. The Morgan fingerprint density at radius 1 is 1.16 bits per heavy atom. The zero-order valence-corrected chi connectivity index (χ0v) is 11.9. The molecule has 0 saturated heterocycles. The second kappa shape index (κ2) is 4.76. The van der Waals surface area contributed by atoms with Gasteiger partial charge >= 0.3 is 0 Å². The highest BCUT2D eigenvalue weighted by Gasteiger charge is 2.35. The van der Waals surface area contributed by atoms with Crippen molar-refractivity contribution in [3.8, 4) is 0 Å². The third kappa shape index (κ3) is 2.60. The van der Waals surface area contributed by atoms with E-state index in [1.54, 1.807) is 12.1 Å². The van der Waals surface area contributed by atoms with Gasteiger partial charge in [0.15, 0.2) is 0 Å². The van der Waals surface area contributed by atoms with E-state index in [0.717, 1.165) is 12.0 Å². The summed E-state index contributed by atoms with van der Waals surface area (Å²) in [6, 6.07) is 6.99. The van der Waals surface area contributed by atoms with Gasteiger partial charge < -0.3 is 0 Å². The minimum atomic E-state index is -3.36. The minimum absolute atomic E-state index is 0.358. The van der Waals surface area contributed by atoms with Crippen LogP contribution in [0.1, 0.15) is 18.4 Å². The van der Waals surface area contributed by atoms with Crippen molar-refractivity contribution in [3.63, 3.8) is 0 Å². The number of aryl methyl sites for hydroxylation is 1. The summed E-state index contributed by atoms with van der Waals surface area (Å²) in [5.41, 5.74) is 1.07. The van der Waals surface area contributed by atoms with E-state index in [4.69, 9.17) is 0 Å². The Hall–Kier alpha value is -1.13. The number of fused-ring (bicyclic) bond motifs is 2. The van der Waals surface area contributed by atoms with E-state index in [1.807, 2.05) is 19.1 Å². The van der Waals surface area contributed by atoms with Crippen molar-refractivity contribution in [1.82, 2.24) is 4.72 Å². The molecular weight excluding hydrogens is 258 g/mol. The molecule has 1 saturated carbocycles. The lowest BCUT2D eigenvalue weighted by atomic mass is 9.94. The van der Waals surface area contributed by atoms with Crippen LogP contribution in [0.2, 0.25) is 0 Å². The molecule has 4 heteroatoms. The second-order valence-corrected chi connectivity index (χ2v) is 7.47. The lowest BCUT2D eigenvalue weighted by molar-refractivity contribution is 0.440. The summed E-state index contributed by atoms with van der Waals surface area (Å²) >= 11 is 0. The largest absolute Gasteiger partial charge is 0.240 e. The molecule has 0 aliphatic heterocycles. The van der Waals surface area contributed by atoms with Crippen molar-refractivity contribution in [1.29, 1.82) is 0 Å². The number of hydrogen-bond acceptors (Lipinski definition) is 2. The van der Waals surface area contributed by atoms with Crippen LogP contribution in [0.3, 0.4) is 0 Å². The first kappa shape index (κ1) is 12.9. The van der Waals surface area contributed by atoms with Gasteiger partial charge in [-0.2, -0.15) is 0 Å². The molecule has 3 rings (SSSR count). The Bertz CT molecular complexity index is 589. The Kier molecular flexibility index (Phi) is 3.23. The molecule has 0 amide bonds. The first-order chi connectivity index (χ1) is 9.04. The molecule has 1 aromatic rings. The summed E-state index contributed by atoms with van der Waals surface area (Å²) in [6.07, 6.45) is 6.85. The van der Waals surface area contributed by atoms with Crippen molar-refractivity contribution in [3.05, 3.63) is 42.0 Å². The predicted molar refractivity (Wildman–Crippen MR) is 75.2 cm³/mol. The molecule has 0 spiro atoms. The highest BCUT2D eigenvalue weighted by molar-refractivity contribution is 7.89. The van der Waals surface area contributed by atoms with Crippen LogP contribution in [0.5, 0.6) is 0 Å². The van der Waals surface area contributed by atoms with Crippen LogP contribution in [0.15, 0.2) is 41.3 Å². The lowest BCUT2D eigenvalue weighted by Gasteiger charge is -2.18. The quantitative estimate of drug-likeness (QED) is 0.859. The van der Waals surface area contributed by atoms with Crippen molar-refractivity contribution in [2.24, 2.45) is 17.8 Å². The molecular formula is C15H19NO2S. The fourth-order valence-corrected chi connectivity index (χ4v) is 4.24. The maximum Gasteiger partial charge on any atom is 0.240 e. The Morgan fingerprint density at radius 2 is 1.89 bits per heavy atom. The van der Waals surface area contributed by atoms with E-state index in [1.165, 1.54) is 6.42 Å². The monoisotopic (exact) mass is 277 g/mol. The average molecular weight is 277 g/mol. The standard InChI is InChI=1S/C15H19NO2S/c1-11-2-6-15(7-3-11)19(17,18)16-10-14-9-12-4-5-13(14)8-12/h2-7,12-14,16H,8-10H2,1H3/t12-,13-,14+/m0/s1. The SMILES string of the molecule is Cc1ccc(S(=O)(=O)NC[C@H]2C[C@H]3C=C[C@H]2C3)cc1. The van der Waals surface area contributed by atoms with Gasteiger partial charge in [0.05, 0.1) is 4.90 Å². The molecule has 2 aliphatic carbocycles. The summed E-state index contributed by atoms with van der Waals surface area (Å²) in [5.74, 6) is 1.72. The van der Waals surface area contributed by atoms with Gasteiger partial charge in [-0.05, 0) is 49.7 Å². The molecule has 2 aliphatic rings. The zero-order chi connectivity index (χ0) is 13.5. The number of allylic oxidation sites excluding steroid dienone is 2. The number of benzene rings is 1. The summed E-state index contributed by atoms with van der Waals surface area (Å²) in [5, 5.41) is 0. The maximum absolute atomic E-state index is 12.2. The molecule has 2 bridgehead atoms. The van der Waals surface area contributed by atoms with Gasteiger partial charge in [-0.1, -0.05) is 29.8 Å².